The van der Waals surface area contributed by atoms with Gasteiger partial charge in [-0.3, -0.25) is 0 Å². The molecule has 2 N–H and O–H groups in total. The highest BCUT2D eigenvalue weighted by molar-refractivity contribution is 5.93. The van der Waals surface area contributed by atoms with Crippen molar-refractivity contribution in [2.24, 2.45) is 10.7 Å². The van der Waals surface area contributed by atoms with Crippen LogP contribution in [0.25, 0.3) is 10.8 Å². The fraction of sp³-hybridized carbons (Fsp3) is 0.154. The van der Waals surface area contributed by atoms with Crippen LogP contribution >= 0.6 is 0 Å². The van der Waals surface area contributed by atoms with Crippen molar-refractivity contribution < 1.29 is 4.74 Å². The molecule has 1 heterocycles. The molecule has 0 aromatic heterocycles. The number of amidine groups is 1. The first kappa shape index (κ1) is 8.16. The number of rotatable bonds is 0. The molecule has 2 aromatic carbocycles. The van der Waals surface area contributed by atoms with E-state index >= 15 is 0 Å². The van der Waals surface area contributed by atoms with E-state index in [4.69, 9.17) is 10.5 Å². The minimum Gasteiger partial charge on any atom is -0.455 e. The molecule has 3 heteroatoms. The number of hydrogen-bond acceptors (Lipinski definition) is 3. The average molecular weight is 210 g/mol. The molecule has 1 aliphatic heterocycles. The lowest BCUT2D eigenvalue weighted by Crippen LogP contribution is -2.12. The van der Waals surface area contributed by atoms with Gasteiger partial charge in [-0.05, 0) is 16.3 Å². The maximum atomic E-state index is 5.64. The maximum Gasteiger partial charge on any atom is 0.283 e. The van der Waals surface area contributed by atoms with Crippen LogP contribution in [0.5, 0.6) is 0 Å². The third kappa shape index (κ3) is 0.818. The number of nitrogens with zero attached hydrogens (tertiary/aromatic N) is 1. The summed E-state index contributed by atoms with van der Waals surface area (Å²) in [5.41, 5.74) is 8.08. The highest BCUT2D eigenvalue weighted by atomic mass is 16.5. The van der Waals surface area contributed by atoms with Gasteiger partial charge in [-0.25, -0.2) is 4.99 Å². The Labute approximate surface area is 92.5 Å². The van der Waals surface area contributed by atoms with Crippen molar-refractivity contribution in [3.8, 4) is 0 Å². The van der Waals surface area contributed by atoms with E-state index in [2.05, 4.69) is 41.4 Å². The lowest BCUT2D eigenvalue weighted by Gasteiger charge is -2.09. The summed E-state index contributed by atoms with van der Waals surface area (Å²) in [7, 11) is 0. The highest BCUT2D eigenvalue weighted by Crippen LogP contribution is 2.50. The Kier molecular flexibility index (Phi) is 1.30. The average Bonchev–Trinajstić information content (AvgIpc) is 2.80. The van der Waals surface area contributed by atoms with E-state index < -0.39 is 0 Å². The van der Waals surface area contributed by atoms with Crippen molar-refractivity contribution in [1.82, 2.24) is 0 Å². The zero-order valence-corrected chi connectivity index (χ0v) is 8.55. The van der Waals surface area contributed by atoms with Crippen molar-refractivity contribution in [2.45, 2.75) is 12.1 Å². The molecule has 0 radical (unpaired) electrons. The molecule has 0 fully saturated rings. The second kappa shape index (κ2) is 2.55. The summed E-state index contributed by atoms with van der Waals surface area (Å²) < 4.78 is 5.59. The number of hydrogen-bond donors (Lipinski definition) is 1. The van der Waals surface area contributed by atoms with Gasteiger partial charge >= 0.3 is 0 Å². The predicted molar refractivity (Wildman–Crippen MR) is 62.1 cm³/mol. The molecule has 2 aliphatic rings. The fourth-order valence-electron chi connectivity index (χ4n) is 2.78. The Morgan fingerprint density at radius 2 is 1.81 bits per heavy atom. The molecule has 2 aromatic rings. The van der Waals surface area contributed by atoms with Crippen LogP contribution in [-0.4, -0.2) is 6.02 Å². The van der Waals surface area contributed by atoms with Crippen LogP contribution < -0.4 is 5.73 Å². The van der Waals surface area contributed by atoms with Crippen LogP contribution in [0.1, 0.15) is 23.3 Å². The van der Waals surface area contributed by atoms with Gasteiger partial charge in [0.2, 0.25) is 0 Å². The van der Waals surface area contributed by atoms with Gasteiger partial charge < -0.3 is 10.5 Å². The van der Waals surface area contributed by atoms with E-state index in [0.717, 1.165) is 0 Å². The first-order valence-corrected chi connectivity index (χ1v) is 5.36. The van der Waals surface area contributed by atoms with Gasteiger partial charge in [0.05, 0.1) is 0 Å². The number of fused-ring (bicyclic) bond motifs is 3. The van der Waals surface area contributed by atoms with Gasteiger partial charge in [-0.15, -0.1) is 0 Å². The molecule has 0 spiro atoms. The van der Waals surface area contributed by atoms with Gasteiger partial charge in [-0.2, -0.15) is 0 Å². The first-order valence-electron chi connectivity index (χ1n) is 5.36. The number of aliphatic imine (C=N–C) groups is 1. The number of ether oxygens (including phenoxy) is 1. The predicted octanol–water partition coefficient (Wildman–Crippen LogP) is 2.28. The molecule has 0 saturated heterocycles. The topological polar surface area (TPSA) is 47.6 Å². The Morgan fingerprint density at radius 3 is 2.62 bits per heavy atom. The molecule has 1 aliphatic carbocycles. The van der Waals surface area contributed by atoms with Crippen LogP contribution in [-0.2, 0) is 4.74 Å². The molecule has 4 rings (SSSR count). The molecular formula is C13H10N2O. The molecule has 16 heavy (non-hydrogen) atoms. The normalized spacial score (nSPS) is 25.4. The second-order valence-corrected chi connectivity index (χ2v) is 4.24. The van der Waals surface area contributed by atoms with Crippen molar-refractivity contribution in [1.29, 1.82) is 0 Å². The van der Waals surface area contributed by atoms with E-state index in [1.165, 1.54) is 21.9 Å². The van der Waals surface area contributed by atoms with E-state index in [9.17, 15) is 0 Å². The van der Waals surface area contributed by atoms with E-state index in [0.29, 0.717) is 6.02 Å². The molecule has 2 atom stereocenters. The summed E-state index contributed by atoms with van der Waals surface area (Å²) in [5, 5.41) is 2.54. The van der Waals surface area contributed by atoms with Gasteiger partial charge in [0.1, 0.15) is 6.04 Å². The van der Waals surface area contributed by atoms with Crippen LogP contribution in [0.15, 0.2) is 41.4 Å². The standard InChI is InChI=1S/C13H10N2O/c14-13-15-11-8-5-1-3-7-4-2-6-9(10(7)8)12(11)16-13/h1-6,11-12H,(H2,14,15). The number of benzene rings is 2. The third-order valence-corrected chi connectivity index (χ3v) is 3.40. The lowest BCUT2D eigenvalue weighted by atomic mass is 10.0. The van der Waals surface area contributed by atoms with E-state index in [1.54, 1.807) is 0 Å². The Balaban J connectivity index is 2.11. The maximum absolute atomic E-state index is 5.64. The SMILES string of the molecule is NC1=NC2c3cccc4cccc(c34)C2O1. The largest absolute Gasteiger partial charge is 0.455 e. The molecule has 78 valence electrons. The summed E-state index contributed by atoms with van der Waals surface area (Å²) in [5.74, 6) is 0. The van der Waals surface area contributed by atoms with Gasteiger partial charge in [0, 0.05) is 5.56 Å². The smallest absolute Gasteiger partial charge is 0.283 e. The minimum absolute atomic E-state index is 0.0129. The van der Waals surface area contributed by atoms with E-state index in [1.807, 2.05) is 0 Å². The highest BCUT2D eigenvalue weighted by Gasteiger charge is 2.40. The van der Waals surface area contributed by atoms with Crippen LogP contribution in [0.2, 0.25) is 0 Å². The zero-order chi connectivity index (χ0) is 10.7. The second-order valence-electron chi connectivity index (χ2n) is 4.24. The van der Waals surface area contributed by atoms with Crippen LogP contribution in [0.3, 0.4) is 0 Å². The van der Waals surface area contributed by atoms with Crippen molar-refractivity contribution in [3.05, 3.63) is 47.5 Å². The summed E-state index contributed by atoms with van der Waals surface area (Å²) >= 11 is 0. The summed E-state index contributed by atoms with van der Waals surface area (Å²) in [4.78, 5) is 4.36. The molecule has 2 unspecified atom stereocenters. The molecule has 0 bridgehead atoms. The Morgan fingerprint density at radius 1 is 1.06 bits per heavy atom. The first-order chi connectivity index (χ1) is 7.84. The van der Waals surface area contributed by atoms with Crippen molar-refractivity contribution in [3.63, 3.8) is 0 Å². The number of nitrogens with two attached hydrogens (primary N) is 1. The summed E-state index contributed by atoms with van der Waals surface area (Å²) in [6, 6.07) is 12.9. The van der Waals surface area contributed by atoms with Crippen molar-refractivity contribution >= 4 is 16.8 Å². The van der Waals surface area contributed by atoms with Gasteiger partial charge in [0.25, 0.3) is 6.02 Å². The molecule has 3 nitrogen and oxygen atoms in total. The summed E-state index contributed by atoms with van der Waals surface area (Å²) in [6.45, 7) is 0. The van der Waals surface area contributed by atoms with Crippen LogP contribution in [0, 0.1) is 0 Å². The quantitative estimate of drug-likeness (QED) is 0.725. The molecular weight excluding hydrogens is 200 g/mol. The van der Waals surface area contributed by atoms with E-state index in [-0.39, 0.29) is 12.1 Å². The monoisotopic (exact) mass is 210 g/mol. The lowest BCUT2D eigenvalue weighted by molar-refractivity contribution is 0.201. The minimum atomic E-state index is -0.0129. The Hall–Kier alpha value is -2.03. The molecule has 0 saturated carbocycles. The third-order valence-electron chi connectivity index (χ3n) is 3.40. The Bertz CT molecular complexity index is 628. The zero-order valence-electron chi connectivity index (χ0n) is 8.55. The fourth-order valence-corrected chi connectivity index (χ4v) is 2.78. The summed E-state index contributed by atoms with van der Waals surface area (Å²) in [6.07, 6.45) is -0.0129. The molecule has 0 amide bonds. The van der Waals surface area contributed by atoms with Gasteiger partial charge in [-0.1, -0.05) is 36.4 Å². The van der Waals surface area contributed by atoms with Crippen LogP contribution in [0.4, 0.5) is 0 Å². The van der Waals surface area contributed by atoms with Gasteiger partial charge in [0.15, 0.2) is 6.10 Å². The van der Waals surface area contributed by atoms with Crippen molar-refractivity contribution in [2.75, 3.05) is 0 Å².